The zero-order chi connectivity index (χ0) is 11.2. The fourth-order valence-corrected chi connectivity index (χ4v) is 2.74. The number of nitrogens with one attached hydrogen (secondary N) is 1. The van der Waals surface area contributed by atoms with Gasteiger partial charge in [0.25, 0.3) is 0 Å². The molecule has 94 valence electrons. The standard InChI is InChI=1S/C14H28N2/c1-16(12-10-15-14-7-8-14)11-9-13-5-3-2-4-6-13/h13-15H,2-12H2,1H3. The van der Waals surface area contributed by atoms with Gasteiger partial charge in [-0.05, 0) is 38.8 Å². The lowest BCUT2D eigenvalue weighted by molar-refractivity contribution is 0.264. The van der Waals surface area contributed by atoms with Gasteiger partial charge in [-0.2, -0.15) is 0 Å². The van der Waals surface area contributed by atoms with Crippen molar-refractivity contribution >= 4 is 0 Å². The highest BCUT2D eigenvalue weighted by molar-refractivity contribution is 4.80. The Labute approximate surface area is 101 Å². The van der Waals surface area contributed by atoms with E-state index in [4.69, 9.17) is 0 Å². The summed E-state index contributed by atoms with van der Waals surface area (Å²) in [5.41, 5.74) is 0. The van der Waals surface area contributed by atoms with Crippen LogP contribution in [0.2, 0.25) is 0 Å². The van der Waals surface area contributed by atoms with E-state index in [0.29, 0.717) is 0 Å². The molecular weight excluding hydrogens is 196 g/mol. The van der Waals surface area contributed by atoms with E-state index in [0.717, 1.165) is 12.0 Å². The van der Waals surface area contributed by atoms with Crippen LogP contribution in [0.1, 0.15) is 51.4 Å². The van der Waals surface area contributed by atoms with Crippen LogP contribution in [0.25, 0.3) is 0 Å². The van der Waals surface area contributed by atoms with Crippen LogP contribution < -0.4 is 5.32 Å². The number of likely N-dealkylation sites (N-methyl/N-ethyl adjacent to an activating group) is 1. The normalized spacial score (nSPS) is 22.9. The Morgan fingerprint density at radius 1 is 1.00 bits per heavy atom. The Morgan fingerprint density at radius 2 is 1.75 bits per heavy atom. The fourth-order valence-electron chi connectivity index (χ4n) is 2.74. The number of hydrogen-bond donors (Lipinski definition) is 1. The van der Waals surface area contributed by atoms with Gasteiger partial charge in [0.15, 0.2) is 0 Å². The molecule has 1 N–H and O–H groups in total. The summed E-state index contributed by atoms with van der Waals surface area (Å²) in [5, 5.41) is 3.58. The minimum atomic E-state index is 0.867. The van der Waals surface area contributed by atoms with E-state index in [1.54, 1.807) is 0 Å². The first-order valence-corrected chi connectivity index (χ1v) is 7.26. The van der Waals surface area contributed by atoms with Gasteiger partial charge in [-0.1, -0.05) is 32.1 Å². The van der Waals surface area contributed by atoms with Gasteiger partial charge in [0.2, 0.25) is 0 Å². The lowest BCUT2D eigenvalue weighted by Gasteiger charge is -2.24. The van der Waals surface area contributed by atoms with Crippen LogP contribution >= 0.6 is 0 Å². The summed E-state index contributed by atoms with van der Waals surface area (Å²) in [6.07, 6.45) is 11.7. The molecule has 2 aliphatic carbocycles. The molecule has 16 heavy (non-hydrogen) atoms. The predicted octanol–water partition coefficient (Wildman–Crippen LogP) is 2.64. The first-order chi connectivity index (χ1) is 7.84. The highest BCUT2D eigenvalue weighted by atomic mass is 15.1. The highest BCUT2D eigenvalue weighted by Gasteiger charge is 2.20. The van der Waals surface area contributed by atoms with Gasteiger partial charge in [-0.3, -0.25) is 0 Å². The summed E-state index contributed by atoms with van der Waals surface area (Å²) in [5.74, 6) is 1.03. The van der Waals surface area contributed by atoms with Crippen LogP contribution in [-0.2, 0) is 0 Å². The summed E-state index contributed by atoms with van der Waals surface area (Å²) in [4.78, 5) is 2.50. The Bertz CT molecular complexity index is 183. The maximum Gasteiger partial charge on any atom is 0.0104 e. The molecule has 0 bridgehead atoms. The largest absolute Gasteiger partial charge is 0.313 e. The molecule has 0 aromatic heterocycles. The molecule has 0 heterocycles. The Kier molecular flexibility index (Phi) is 5.11. The molecule has 0 aromatic rings. The molecule has 0 amide bonds. The van der Waals surface area contributed by atoms with Gasteiger partial charge in [-0.25, -0.2) is 0 Å². The molecule has 2 saturated carbocycles. The summed E-state index contributed by atoms with van der Waals surface area (Å²) >= 11 is 0. The molecule has 0 radical (unpaired) electrons. The van der Waals surface area contributed by atoms with Crippen LogP contribution in [0.15, 0.2) is 0 Å². The van der Waals surface area contributed by atoms with Crippen molar-refractivity contribution in [2.45, 2.75) is 57.4 Å². The first-order valence-electron chi connectivity index (χ1n) is 7.26. The van der Waals surface area contributed by atoms with Crippen molar-refractivity contribution in [3.8, 4) is 0 Å². The first kappa shape index (κ1) is 12.4. The summed E-state index contributed by atoms with van der Waals surface area (Å²) in [7, 11) is 2.28. The number of nitrogens with zero attached hydrogens (tertiary/aromatic N) is 1. The minimum absolute atomic E-state index is 0.867. The van der Waals surface area contributed by atoms with Gasteiger partial charge < -0.3 is 10.2 Å². The zero-order valence-corrected chi connectivity index (χ0v) is 10.9. The molecule has 0 aliphatic heterocycles. The lowest BCUT2D eigenvalue weighted by Crippen LogP contribution is -2.31. The maximum atomic E-state index is 3.58. The Hall–Kier alpha value is -0.0800. The second kappa shape index (κ2) is 6.61. The van der Waals surface area contributed by atoms with Gasteiger partial charge >= 0.3 is 0 Å². The highest BCUT2D eigenvalue weighted by Crippen LogP contribution is 2.26. The van der Waals surface area contributed by atoms with E-state index >= 15 is 0 Å². The average molecular weight is 224 g/mol. The van der Waals surface area contributed by atoms with Crippen LogP contribution in [0.5, 0.6) is 0 Å². The van der Waals surface area contributed by atoms with E-state index in [2.05, 4.69) is 17.3 Å². The zero-order valence-electron chi connectivity index (χ0n) is 10.9. The summed E-state index contributed by atoms with van der Waals surface area (Å²) in [6.45, 7) is 3.71. The van der Waals surface area contributed by atoms with Crippen molar-refractivity contribution in [2.75, 3.05) is 26.7 Å². The van der Waals surface area contributed by atoms with Gasteiger partial charge in [-0.15, -0.1) is 0 Å². The quantitative estimate of drug-likeness (QED) is 0.715. The summed E-state index contributed by atoms with van der Waals surface area (Å²) < 4.78 is 0. The third-order valence-corrected chi connectivity index (χ3v) is 4.15. The Morgan fingerprint density at radius 3 is 2.44 bits per heavy atom. The third-order valence-electron chi connectivity index (χ3n) is 4.15. The summed E-state index contributed by atoms with van der Waals surface area (Å²) in [6, 6.07) is 0.867. The van der Waals surface area contributed by atoms with Crippen molar-refractivity contribution in [3.63, 3.8) is 0 Å². The molecule has 0 spiro atoms. The van der Waals surface area contributed by atoms with Crippen molar-refractivity contribution in [1.82, 2.24) is 10.2 Å². The molecule has 2 heteroatoms. The van der Waals surface area contributed by atoms with Crippen molar-refractivity contribution in [2.24, 2.45) is 5.92 Å². The maximum absolute atomic E-state index is 3.58. The average Bonchev–Trinajstić information content (AvgIpc) is 3.12. The van der Waals surface area contributed by atoms with Crippen LogP contribution in [0.3, 0.4) is 0 Å². The molecule has 2 aliphatic rings. The lowest BCUT2D eigenvalue weighted by atomic mass is 9.87. The second-order valence-corrected chi connectivity index (χ2v) is 5.82. The van der Waals surface area contributed by atoms with Gasteiger partial charge in [0.05, 0.1) is 0 Å². The molecular formula is C14H28N2. The van der Waals surface area contributed by atoms with Crippen molar-refractivity contribution in [3.05, 3.63) is 0 Å². The Balaban J connectivity index is 1.46. The van der Waals surface area contributed by atoms with E-state index in [1.807, 2.05) is 0 Å². The molecule has 0 saturated heterocycles. The SMILES string of the molecule is CN(CCNC1CC1)CCC1CCCCC1. The van der Waals surface area contributed by atoms with E-state index in [1.165, 1.54) is 71.0 Å². The molecule has 0 atom stereocenters. The fraction of sp³-hybridized carbons (Fsp3) is 1.00. The minimum Gasteiger partial charge on any atom is -0.313 e. The number of rotatable bonds is 7. The monoisotopic (exact) mass is 224 g/mol. The van der Waals surface area contributed by atoms with E-state index < -0.39 is 0 Å². The third kappa shape index (κ3) is 4.84. The van der Waals surface area contributed by atoms with Gasteiger partial charge in [0, 0.05) is 19.1 Å². The smallest absolute Gasteiger partial charge is 0.0104 e. The topological polar surface area (TPSA) is 15.3 Å². The molecule has 2 rings (SSSR count). The molecule has 0 unspecified atom stereocenters. The van der Waals surface area contributed by atoms with Crippen LogP contribution in [-0.4, -0.2) is 37.6 Å². The molecule has 0 aromatic carbocycles. The van der Waals surface area contributed by atoms with Crippen molar-refractivity contribution < 1.29 is 0 Å². The molecule has 2 nitrogen and oxygen atoms in total. The predicted molar refractivity (Wildman–Crippen MR) is 69.7 cm³/mol. The van der Waals surface area contributed by atoms with Crippen LogP contribution in [0.4, 0.5) is 0 Å². The van der Waals surface area contributed by atoms with Gasteiger partial charge in [0.1, 0.15) is 0 Å². The second-order valence-electron chi connectivity index (χ2n) is 5.82. The van der Waals surface area contributed by atoms with Crippen LogP contribution in [0, 0.1) is 5.92 Å². The molecule has 2 fully saturated rings. The van der Waals surface area contributed by atoms with E-state index in [-0.39, 0.29) is 0 Å². The van der Waals surface area contributed by atoms with Crippen molar-refractivity contribution in [1.29, 1.82) is 0 Å². The number of hydrogen-bond acceptors (Lipinski definition) is 2. The van der Waals surface area contributed by atoms with E-state index in [9.17, 15) is 0 Å².